The van der Waals surface area contributed by atoms with E-state index in [0.29, 0.717) is 17.2 Å². The Morgan fingerprint density at radius 3 is 2.57 bits per heavy atom. The Balaban J connectivity index is 2.27. The molecule has 2 rings (SSSR count). The predicted octanol–water partition coefficient (Wildman–Crippen LogP) is 3.01. The molecular formula is C16H20N2O3. The maximum atomic E-state index is 11.2. The van der Waals surface area contributed by atoms with Crippen molar-refractivity contribution in [2.24, 2.45) is 5.73 Å². The van der Waals surface area contributed by atoms with E-state index >= 15 is 0 Å². The van der Waals surface area contributed by atoms with Gasteiger partial charge in [0.2, 0.25) is 5.91 Å². The number of hydrogen-bond acceptors (Lipinski definition) is 4. The van der Waals surface area contributed by atoms with E-state index < -0.39 is 6.10 Å². The highest BCUT2D eigenvalue weighted by atomic mass is 16.5. The number of amides is 1. The van der Waals surface area contributed by atoms with Gasteiger partial charge in [0.05, 0.1) is 5.69 Å². The summed E-state index contributed by atoms with van der Waals surface area (Å²) >= 11 is 0. The van der Waals surface area contributed by atoms with Crippen LogP contribution in [0.2, 0.25) is 0 Å². The van der Waals surface area contributed by atoms with Crippen LogP contribution in [0, 0.1) is 6.92 Å². The van der Waals surface area contributed by atoms with Crippen LogP contribution in [0.3, 0.4) is 0 Å². The molecule has 3 N–H and O–H groups in total. The normalized spacial score (nSPS) is 13.5. The van der Waals surface area contributed by atoms with E-state index in [1.54, 1.807) is 12.1 Å². The van der Waals surface area contributed by atoms with Crippen molar-refractivity contribution in [1.29, 1.82) is 0 Å². The van der Waals surface area contributed by atoms with Gasteiger partial charge in [0.15, 0.2) is 6.10 Å². The van der Waals surface area contributed by atoms with E-state index in [-0.39, 0.29) is 11.9 Å². The molecule has 2 atom stereocenters. The number of nitrogens with one attached hydrogen (secondary N) is 1. The number of ether oxygens (including phenoxy) is 1. The minimum atomic E-state index is -0.423. The summed E-state index contributed by atoms with van der Waals surface area (Å²) in [4.78, 5) is 11.2. The summed E-state index contributed by atoms with van der Waals surface area (Å²) in [7, 11) is 0. The Hall–Kier alpha value is -2.27. The van der Waals surface area contributed by atoms with Gasteiger partial charge in [-0.2, -0.15) is 0 Å². The fourth-order valence-electron chi connectivity index (χ4n) is 2.03. The molecule has 21 heavy (non-hydrogen) atoms. The number of carbonyl (C=O) groups is 1. The fraction of sp³-hybridized carbons (Fsp3) is 0.312. The molecule has 0 bridgehead atoms. The first-order valence-electron chi connectivity index (χ1n) is 6.82. The summed E-state index contributed by atoms with van der Waals surface area (Å²) in [6, 6.07) is 10.7. The van der Waals surface area contributed by atoms with Gasteiger partial charge in [-0.25, -0.2) is 0 Å². The SMILES string of the molecule is CC(=O)Nc1ccccc1OC(c1ccc(C)o1)C(C)N. The third-order valence-electron chi connectivity index (χ3n) is 2.97. The van der Waals surface area contributed by atoms with Gasteiger partial charge in [-0.1, -0.05) is 12.1 Å². The minimum absolute atomic E-state index is 0.155. The lowest BCUT2D eigenvalue weighted by Crippen LogP contribution is -2.29. The van der Waals surface area contributed by atoms with Gasteiger partial charge in [0.1, 0.15) is 17.3 Å². The summed E-state index contributed by atoms with van der Waals surface area (Å²) in [5.74, 6) is 1.87. The lowest BCUT2D eigenvalue weighted by molar-refractivity contribution is -0.114. The largest absolute Gasteiger partial charge is 0.479 e. The molecule has 1 aromatic heterocycles. The number of anilines is 1. The molecule has 5 nitrogen and oxygen atoms in total. The zero-order valence-corrected chi connectivity index (χ0v) is 12.4. The standard InChI is InChI=1S/C16H20N2O3/c1-10-8-9-15(20-10)16(11(2)17)21-14-7-5-4-6-13(14)18-12(3)19/h4-9,11,16H,17H2,1-3H3,(H,18,19). The summed E-state index contributed by atoms with van der Waals surface area (Å²) < 4.78 is 11.6. The average molecular weight is 288 g/mol. The Kier molecular flexibility index (Phi) is 4.65. The molecule has 1 heterocycles. The van der Waals surface area contributed by atoms with Crippen molar-refractivity contribution in [3.05, 3.63) is 47.9 Å². The van der Waals surface area contributed by atoms with Crippen LogP contribution in [0.5, 0.6) is 5.75 Å². The number of carbonyl (C=O) groups excluding carboxylic acids is 1. The van der Waals surface area contributed by atoms with Crippen LogP contribution < -0.4 is 15.8 Å². The van der Waals surface area contributed by atoms with Crippen molar-refractivity contribution < 1.29 is 13.9 Å². The Labute approximate surface area is 124 Å². The number of hydrogen-bond donors (Lipinski definition) is 2. The number of benzene rings is 1. The highest BCUT2D eigenvalue weighted by Crippen LogP contribution is 2.31. The minimum Gasteiger partial charge on any atom is -0.479 e. The lowest BCUT2D eigenvalue weighted by atomic mass is 10.1. The lowest BCUT2D eigenvalue weighted by Gasteiger charge is -2.22. The second-order valence-electron chi connectivity index (χ2n) is 5.02. The highest BCUT2D eigenvalue weighted by Gasteiger charge is 2.23. The van der Waals surface area contributed by atoms with Crippen LogP contribution in [0.25, 0.3) is 0 Å². The third-order valence-corrected chi connectivity index (χ3v) is 2.97. The number of furan rings is 1. The summed E-state index contributed by atoms with van der Waals surface area (Å²) in [5.41, 5.74) is 6.61. The first-order chi connectivity index (χ1) is 9.97. The molecule has 0 aliphatic rings. The molecular weight excluding hydrogens is 268 g/mol. The fourth-order valence-corrected chi connectivity index (χ4v) is 2.03. The van der Waals surface area contributed by atoms with Gasteiger partial charge in [-0.3, -0.25) is 4.79 Å². The molecule has 1 amide bonds. The van der Waals surface area contributed by atoms with Crippen molar-refractivity contribution in [2.75, 3.05) is 5.32 Å². The second-order valence-corrected chi connectivity index (χ2v) is 5.02. The molecule has 0 aliphatic carbocycles. The Morgan fingerprint density at radius 1 is 1.29 bits per heavy atom. The third kappa shape index (κ3) is 3.86. The molecule has 5 heteroatoms. The van der Waals surface area contributed by atoms with Crippen LogP contribution in [-0.2, 0) is 4.79 Å². The molecule has 0 fully saturated rings. The van der Waals surface area contributed by atoms with E-state index in [4.69, 9.17) is 14.9 Å². The topological polar surface area (TPSA) is 77.5 Å². The number of para-hydroxylation sites is 2. The Morgan fingerprint density at radius 2 is 2.00 bits per heavy atom. The quantitative estimate of drug-likeness (QED) is 0.886. The van der Waals surface area contributed by atoms with Crippen molar-refractivity contribution in [3.63, 3.8) is 0 Å². The van der Waals surface area contributed by atoms with Crippen LogP contribution in [0.4, 0.5) is 5.69 Å². The van der Waals surface area contributed by atoms with Gasteiger partial charge < -0.3 is 20.2 Å². The number of aryl methyl sites for hydroxylation is 1. The van der Waals surface area contributed by atoms with E-state index in [1.807, 2.05) is 38.1 Å². The molecule has 0 radical (unpaired) electrons. The summed E-state index contributed by atoms with van der Waals surface area (Å²) in [6.45, 7) is 5.17. The van der Waals surface area contributed by atoms with Crippen LogP contribution in [0.1, 0.15) is 31.5 Å². The van der Waals surface area contributed by atoms with Crippen LogP contribution in [-0.4, -0.2) is 11.9 Å². The molecule has 1 aromatic carbocycles. The first-order valence-corrected chi connectivity index (χ1v) is 6.82. The van der Waals surface area contributed by atoms with E-state index in [1.165, 1.54) is 6.92 Å². The van der Waals surface area contributed by atoms with Crippen LogP contribution in [0.15, 0.2) is 40.8 Å². The van der Waals surface area contributed by atoms with Gasteiger partial charge in [0.25, 0.3) is 0 Å². The zero-order chi connectivity index (χ0) is 15.4. The number of nitrogens with two attached hydrogens (primary N) is 1. The molecule has 2 unspecified atom stereocenters. The van der Waals surface area contributed by atoms with Crippen molar-refractivity contribution in [1.82, 2.24) is 0 Å². The van der Waals surface area contributed by atoms with Crippen molar-refractivity contribution >= 4 is 11.6 Å². The molecule has 0 saturated heterocycles. The van der Waals surface area contributed by atoms with E-state index in [9.17, 15) is 4.79 Å². The predicted molar refractivity (Wildman–Crippen MR) is 81.2 cm³/mol. The maximum absolute atomic E-state index is 11.2. The first kappa shape index (κ1) is 15.1. The zero-order valence-electron chi connectivity index (χ0n) is 12.4. The van der Waals surface area contributed by atoms with Crippen molar-refractivity contribution in [3.8, 4) is 5.75 Å². The summed E-state index contributed by atoms with van der Waals surface area (Å²) in [6.07, 6.45) is -0.423. The molecule has 0 aliphatic heterocycles. The maximum Gasteiger partial charge on any atom is 0.221 e. The smallest absolute Gasteiger partial charge is 0.221 e. The second kappa shape index (κ2) is 6.45. The monoisotopic (exact) mass is 288 g/mol. The van der Waals surface area contributed by atoms with Gasteiger partial charge in [-0.15, -0.1) is 0 Å². The highest BCUT2D eigenvalue weighted by molar-refractivity contribution is 5.90. The van der Waals surface area contributed by atoms with E-state index in [2.05, 4.69) is 5.32 Å². The van der Waals surface area contributed by atoms with Gasteiger partial charge in [-0.05, 0) is 38.1 Å². The van der Waals surface area contributed by atoms with Crippen molar-refractivity contribution in [2.45, 2.75) is 32.9 Å². The molecule has 2 aromatic rings. The van der Waals surface area contributed by atoms with E-state index in [0.717, 1.165) is 5.76 Å². The molecule has 0 saturated carbocycles. The van der Waals surface area contributed by atoms with Gasteiger partial charge in [0, 0.05) is 13.0 Å². The van der Waals surface area contributed by atoms with Gasteiger partial charge >= 0.3 is 0 Å². The number of rotatable bonds is 5. The molecule has 0 spiro atoms. The average Bonchev–Trinajstić information content (AvgIpc) is 2.83. The van der Waals surface area contributed by atoms with Crippen LogP contribution >= 0.6 is 0 Å². The Bertz CT molecular complexity index is 619. The summed E-state index contributed by atoms with van der Waals surface area (Å²) in [5, 5.41) is 2.74. The molecule has 112 valence electrons.